The molecule has 16 heavy (non-hydrogen) atoms. The molecule has 1 aromatic carbocycles. The molecule has 0 fully saturated rings. The third kappa shape index (κ3) is 2.99. The number of nitrogens with zero attached hydrogens (tertiary/aromatic N) is 1. The van der Waals surface area contributed by atoms with Crippen LogP contribution in [0, 0.1) is 0 Å². The molecule has 0 bridgehead atoms. The van der Waals surface area contributed by atoms with Crippen LogP contribution in [0.4, 0.5) is 5.69 Å². The summed E-state index contributed by atoms with van der Waals surface area (Å²) in [6, 6.07) is 9.15. The summed E-state index contributed by atoms with van der Waals surface area (Å²) < 4.78 is 0. The van der Waals surface area contributed by atoms with E-state index in [0.717, 1.165) is 19.5 Å². The fourth-order valence-electron chi connectivity index (χ4n) is 2.02. The second-order valence-corrected chi connectivity index (χ2v) is 4.09. The van der Waals surface area contributed by atoms with Gasteiger partial charge in [0.1, 0.15) is 0 Å². The van der Waals surface area contributed by atoms with Crippen molar-refractivity contribution in [2.24, 2.45) is 0 Å². The quantitative estimate of drug-likeness (QED) is 0.792. The Bertz CT molecular complexity index is 309. The molecule has 0 spiro atoms. The number of rotatable bonds is 6. The van der Waals surface area contributed by atoms with Gasteiger partial charge in [-0.2, -0.15) is 0 Å². The highest BCUT2D eigenvalue weighted by molar-refractivity contribution is 5.54. The van der Waals surface area contributed by atoms with E-state index in [0.29, 0.717) is 6.04 Å². The minimum atomic E-state index is 0.468. The number of para-hydroxylation sites is 1. The Morgan fingerprint density at radius 3 is 2.44 bits per heavy atom. The van der Waals surface area contributed by atoms with Crippen LogP contribution in [0.3, 0.4) is 0 Å². The Hall–Kier alpha value is -1.02. The van der Waals surface area contributed by atoms with Gasteiger partial charge in [0, 0.05) is 25.3 Å². The van der Waals surface area contributed by atoms with Gasteiger partial charge >= 0.3 is 0 Å². The number of nitrogens with one attached hydrogen (secondary N) is 1. The lowest BCUT2D eigenvalue weighted by molar-refractivity contribution is 0.537. The van der Waals surface area contributed by atoms with Gasteiger partial charge in [-0.05, 0) is 31.5 Å². The zero-order valence-electron chi connectivity index (χ0n) is 11.0. The van der Waals surface area contributed by atoms with Crippen molar-refractivity contribution in [3.8, 4) is 0 Å². The van der Waals surface area contributed by atoms with Crippen LogP contribution >= 0.6 is 0 Å². The summed E-state index contributed by atoms with van der Waals surface area (Å²) in [5, 5.41) is 3.54. The van der Waals surface area contributed by atoms with Crippen molar-refractivity contribution in [1.29, 1.82) is 0 Å². The Labute approximate surface area is 99.7 Å². The van der Waals surface area contributed by atoms with Gasteiger partial charge in [-0.15, -0.1) is 0 Å². The Morgan fingerprint density at radius 2 is 1.88 bits per heavy atom. The normalized spacial score (nSPS) is 12.5. The molecule has 1 N–H and O–H groups in total. The lowest BCUT2D eigenvalue weighted by atomic mass is 10.0. The second kappa shape index (κ2) is 6.54. The zero-order valence-corrected chi connectivity index (χ0v) is 11.0. The van der Waals surface area contributed by atoms with Gasteiger partial charge in [0.2, 0.25) is 0 Å². The molecule has 2 nitrogen and oxygen atoms in total. The van der Waals surface area contributed by atoms with Gasteiger partial charge in [-0.25, -0.2) is 0 Å². The predicted octanol–water partition coefficient (Wildman–Crippen LogP) is 3.20. The van der Waals surface area contributed by atoms with Gasteiger partial charge in [0.25, 0.3) is 0 Å². The van der Waals surface area contributed by atoms with Crippen LogP contribution in [0.25, 0.3) is 0 Å². The molecule has 90 valence electrons. The first-order valence-corrected chi connectivity index (χ1v) is 6.27. The first-order chi connectivity index (χ1) is 7.74. The smallest absolute Gasteiger partial charge is 0.0412 e. The SMILES string of the molecule is CCNC(CC)c1ccccc1N(C)CC. The van der Waals surface area contributed by atoms with E-state index in [9.17, 15) is 0 Å². The maximum absolute atomic E-state index is 3.54. The van der Waals surface area contributed by atoms with E-state index in [4.69, 9.17) is 0 Å². The lowest BCUT2D eigenvalue weighted by Gasteiger charge is -2.25. The maximum Gasteiger partial charge on any atom is 0.0412 e. The topological polar surface area (TPSA) is 15.3 Å². The molecule has 0 amide bonds. The van der Waals surface area contributed by atoms with Gasteiger partial charge in [0.05, 0.1) is 0 Å². The summed E-state index contributed by atoms with van der Waals surface area (Å²) >= 11 is 0. The highest BCUT2D eigenvalue weighted by atomic mass is 15.1. The average molecular weight is 220 g/mol. The molecule has 0 heterocycles. The molecule has 0 saturated carbocycles. The molecule has 1 unspecified atom stereocenters. The molecule has 0 aliphatic rings. The zero-order chi connectivity index (χ0) is 12.0. The highest BCUT2D eigenvalue weighted by Gasteiger charge is 2.13. The predicted molar refractivity (Wildman–Crippen MR) is 72.1 cm³/mol. The molecule has 0 aliphatic heterocycles. The summed E-state index contributed by atoms with van der Waals surface area (Å²) in [4.78, 5) is 2.30. The fourth-order valence-corrected chi connectivity index (χ4v) is 2.02. The second-order valence-electron chi connectivity index (χ2n) is 4.09. The molecule has 1 atom stereocenters. The number of hydrogen-bond donors (Lipinski definition) is 1. The summed E-state index contributed by atoms with van der Waals surface area (Å²) in [7, 11) is 2.15. The van der Waals surface area contributed by atoms with Gasteiger partial charge in [-0.3, -0.25) is 0 Å². The Morgan fingerprint density at radius 1 is 1.19 bits per heavy atom. The molecule has 2 heteroatoms. The average Bonchev–Trinajstić information content (AvgIpc) is 2.35. The van der Waals surface area contributed by atoms with E-state index >= 15 is 0 Å². The summed E-state index contributed by atoms with van der Waals surface area (Å²) in [6.45, 7) is 8.64. The van der Waals surface area contributed by atoms with Crippen LogP contribution in [0.2, 0.25) is 0 Å². The van der Waals surface area contributed by atoms with Crippen molar-refractivity contribution in [2.45, 2.75) is 33.2 Å². The largest absolute Gasteiger partial charge is 0.375 e. The van der Waals surface area contributed by atoms with E-state index in [-0.39, 0.29) is 0 Å². The monoisotopic (exact) mass is 220 g/mol. The number of benzene rings is 1. The summed E-state index contributed by atoms with van der Waals surface area (Å²) in [6.07, 6.45) is 1.13. The first-order valence-electron chi connectivity index (χ1n) is 6.27. The van der Waals surface area contributed by atoms with Crippen LogP contribution in [-0.2, 0) is 0 Å². The Kier molecular flexibility index (Phi) is 5.33. The van der Waals surface area contributed by atoms with E-state index in [2.05, 4.69) is 62.3 Å². The third-order valence-electron chi connectivity index (χ3n) is 3.06. The molecule has 1 aromatic rings. The summed E-state index contributed by atoms with van der Waals surface area (Å²) in [5.74, 6) is 0. The minimum Gasteiger partial charge on any atom is -0.375 e. The molecular weight excluding hydrogens is 196 g/mol. The molecular formula is C14H24N2. The molecule has 0 saturated heterocycles. The van der Waals surface area contributed by atoms with Crippen molar-refractivity contribution in [3.05, 3.63) is 29.8 Å². The van der Waals surface area contributed by atoms with Gasteiger partial charge in [-0.1, -0.05) is 32.0 Å². The Balaban J connectivity index is 3.00. The van der Waals surface area contributed by atoms with E-state index in [1.54, 1.807) is 0 Å². The van der Waals surface area contributed by atoms with Gasteiger partial charge < -0.3 is 10.2 Å². The molecule has 1 rings (SSSR count). The number of anilines is 1. The molecule has 0 aromatic heterocycles. The van der Waals surface area contributed by atoms with Crippen molar-refractivity contribution in [3.63, 3.8) is 0 Å². The first kappa shape index (κ1) is 13.0. The minimum absolute atomic E-state index is 0.468. The maximum atomic E-state index is 3.54. The highest BCUT2D eigenvalue weighted by Crippen LogP contribution is 2.27. The van der Waals surface area contributed by atoms with Crippen LogP contribution in [0.5, 0.6) is 0 Å². The van der Waals surface area contributed by atoms with Crippen molar-refractivity contribution in [1.82, 2.24) is 5.32 Å². The van der Waals surface area contributed by atoms with Crippen molar-refractivity contribution >= 4 is 5.69 Å². The standard InChI is InChI=1S/C14H24N2/c1-5-13(15-6-2)12-10-8-9-11-14(12)16(4)7-3/h8-11,13,15H,5-7H2,1-4H3. The summed E-state index contributed by atoms with van der Waals surface area (Å²) in [5.41, 5.74) is 2.76. The van der Waals surface area contributed by atoms with Crippen LogP contribution in [0.15, 0.2) is 24.3 Å². The van der Waals surface area contributed by atoms with Crippen LogP contribution in [-0.4, -0.2) is 20.1 Å². The van der Waals surface area contributed by atoms with Crippen molar-refractivity contribution in [2.75, 3.05) is 25.0 Å². The van der Waals surface area contributed by atoms with E-state index < -0.39 is 0 Å². The molecule has 0 aliphatic carbocycles. The fraction of sp³-hybridized carbons (Fsp3) is 0.571. The number of hydrogen-bond acceptors (Lipinski definition) is 2. The van der Waals surface area contributed by atoms with E-state index in [1.807, 2.05) is 0 Å². The molecule has 0 radical (unpaired) electrons. The van der Waals surface area contributed by atoms with Crippen LogP contribution in [0.1, 0.15) is 38.8 Å². The van der Waals surface area contributed by atoms with E-state index in [1.165, 1.54) is 11.3 Å². The van der Waals surface area contributed by atoms with Crippen molar-refractivity contribution < 1.29 is 0 Å². The van der Waals surface area contributed by atoms with Crippen LogP contribution < -0.4 is 10.2 Å². The lowest BCUT2D eigenvalue weighted by Crippen LogP contribution is -2.24. The van der Waals surface area contributed by atoms with Gasteiger partial charge in [0.15, 0.2) is 0 Å². The third-order valence-corrected chi connectivity index (χ3v) is 3.06.